The molecule has 0 aliphatic heterocycles. The molecule has 0 bridgehead atoms. The number of fused-ring (bicyclic) bond motifs is 1. The maximum atomic E-state index is 13.7. The topological polar surface area (TPSA) is 12.9 Å². The predicted octanol–water partition coefficient (Wildman–Crippen LogP) is 4.60. The second-order valence-electron chi connectivity index (χ2n) is 5.12. The lowest BCUT2D eigenvalue weighted by molar-refractivity contribution is 0.452. The van der Waals surface area contributed by atoms with E-state index in [0.717, 1.165) is 6.07 Å². The Morgan fingerprint density at radius 1 is 1.06 bits per heavy atom. The second kappa shape index (κ2) is 4.12. The lowest BCUT2D eigenvalue weighted by atomic mass is 9.91. The fourth-order valence-corrected chi connectivity index (χ4v) is 1.86. The molecule has 0 aliphatic rings. The predicted molar refractivity (Wildman–Crippen MR) is 65.3 cm³/mol. The fraction of sp³-hybridized carbons (Fsp3) is 0.308. The van der Waals surface area contributed by atoms with Crippen LogP contribution < -0.4 is 0 Å². The number of rotatable bonds is 0. The molecule has 1 aromatic carbocycles. The van der Waals surface area contributed by atoms with Crippen LogP contribution in [0.1, 0.15) is 26.5 Å². The zero-order valence-electron chi connectivity index (χ0n) is 10.1. The molecule has 0 N–H and O–H groups in total. The monoisotopic (exact) mass is 273 g/mol. The van der Waals surface area contributed by atoms with Crippen LogP contribution >= 0.6 is 11.6 Å². The van der Waals surface area contributed by atoms with Crippen LogP contribution in [0.25, 0.3) is 10.9 Å². The van der Waals surface area contributed by atoms with Crippen molar-refractivity contribution in [2.24, 2.45) is 0 Å². The van der Waals surface area contributed by atoms with E-state index < -0.39 is 17.5 Å². The highest BCUT2D eigenvalue weighted by atomic mass is 35.5. The number of halogens is 4. The molecule has 1 aromatic heterocycles. The van der Waals surface area contributed by atoms with Gasteiger partial charge in [-0.3, -0.25) is 0 Å². The molecule has 1 heterocycles. The molecule has 0 saturated carbocycles. The van der Waals surface area contributed by atoms with E-state index >= 15 is 0 Å². The van der Waals surface area contributed by atoms with E-state index in [2.05, 4.69) is 4.98 Å². The third-order valence-corrected chi connectivity index (χ3v) is 2.97. The molecule has 2 aromatic rings. The highest BCUT2D eigenvalue weighted by Gasteiger charge is 2.21. The standard InChI is InChI=1S/C13H11ClF3N/c1-13(2,3)9-5-7(14)6-4-8(15)10(16)11(17)12(6)18-9/h4-5H,1-3H3. The molecule has 0 spiro atoms. The highest BCUT2D eigenvalue weighted by Crippen LogP contribution is 2.31. The molecule has 0 fully saturated rings. The Morgan fingerprint density at radius 2 is 1.67 bits per heavy atom. The maximum Gasteiger partial charge on any atom is 0.196 e. The number of hydrogen-bond acceptors (Lipinski definition) is 1. The lowest BCUT2D eigenvalue weighted by Gasteiger charge is -2.19. The Morgan fingerprint density at radius 3 is 2.22 bits per heavy atom. The normalized spacial score (nSPS) is 12.2. The summed E-state index contributed by atoms with van der Waals surface area (Å²) in [5.41, 5.74) is -0.0917. The zero-order chi connectivity index (χ0) is 13.7. The molecular formula is C13H11ClF3N. The van der Waals surface area contributed by atoms with E-state index in [-0.39, 0.29) is 21.3 Å². The van der Waals surface area contributed by atoms with Crippen molar-refractivity contribution in [2.75, 3.05) is 0 Å². The number of aromatic nitrogens is 1. The van der Waals surface area contributed by atoms with Gasteiger partial charge in [0.15, 0.2) is 17.5 Å². The van der Waals surface area contributed by atoms with Gasteiger partial charge in [-0.15, -0.1) is 0 Å². The SMILES string of the molecule is CC(C)(C)c1cc(Cl)c2cc(F)c(F)c(F)c2n1. The summed E-state index contributed by atoms with van der Waals surface area (Å²) in [4.78, 5) is 4.04. The van der Waals surface area contributed by atoms with E-state index in [9.17, 15) is 13.2 Å². The third kappa shape index (κ3) is 2.05. The summed E-state index contributed by atoms with van der Waals surface area (Å²) in [7, 11) is 0. The van der Waals surface area contributed by atoms with E-state index in [1.54, 1.807) is 6.07 Å². The maximum absolute atomic E-state index is 13.7. The Labute approximate surface area is 108 Å². The van der Waals surface area contributed by atoms with Crippen LogP contribution in [-0.4, -0.2) is 4.98 Å². The molecule has 5 heteroatoms. The molecule has 0 atom stereocenters. The van der Waals surface area contributed by atoms with Gasteiger partial charge in [0.05, 0.1) is 5.02 Å². The minimum absolute atomic E-state index is 0.0704. The summed E-state index contributed by atoms with van der Waals surface area (Å²) in [6.45, 7) is 5.61. The quantitative estimate of drug-likeness (QED) is 0.639. The van der Waals surface area contributed by atoms with Gasteiger partial charge in [0.1, 0.15) is 5.52 Å². The number of hydrogen-bond donors (Lipinski definition) is 0. The van der Waals surface area contributed by atoms with Crippen LogP contribution in [0.4, 0.5) is 13.2 Å². The minimum Gasteiger partial charge on any atom is -0.249 e. The highest BCUT2D eigenvalue weighted by molar-refractivity contribution is 6.35. The minimum atomic E-state index is -1.53. The summed E-state index contributed by atoms with van der Waals surface area (Å²) < 4.78 is 40.0. The van der Waals surface area contributed by atoms with Crippen molar-refractivity contribution in [3.63, 3.8) is 0 Å². The molecule has 0 radical (unpaired) electrons. The van der Waals surface area contributed by atoms with Gasteiger partial charge in [0, 0.05) is 16.5 Å². The van der Waals surface area contributed by atoms with Gasteiger partial charge in [0.2, 0.25) is 0 Å². The van der Waals surface area contributed by atoms with Gasteiger partial charge in [-0.05, 0) is 12.1 Å². The van der Waals surface area contributed by atoms with Crippen molar-refractivity contribution in [3.05, 3.63) is 40.3 Å². The average molecular weight is 274 g/mol. The number of nitrogens with zero attached hydrogens (tertiary/aromatic N) is 1. The van der Waals surface area contributed by atoms with Gasteiger partial charge >= 0.3 is 0 Å². The van der Waals surface area contributed by atoms with Crippen LogP contribution in [0.5, 0.6) is 0 Å². The summed E-state index contributed by atoms with van der Waals surface area (Å²) in [6.07, 6.45) is 0. The lowest BCUT2D eigenvalue weighted by Crippen LogP contribution is -2.14. The Bertz CT molecular complexity index is 632. The summed E-state index contributed by atoms with van der Waals surface area (Å²) in [5, 5.41) is 0.226. The van der Waals surface area contributed by atoms with Crippen molar-refractivity contribution < 1.29 is 13.2 Å². The largest absolute Gasteiger partial charge is 0.249 e. The molecule has 96 valence electrons. The van der Waals surface area contributed by atoms with Crippen LogP contribution in [-0.2, 0) is 5.41 Å². The van der Waals surface area contributed by atoms with Crippen molar-refractivity contribution in [2.45, 2.75) is 26.2 Å². The first-order valence-electron chi connectivity index (χ1n) is 5.36. The van der Waals surface area contributed by atoms with Crippen LogP contribution in [0.3, 0.4) is 0 Å². The smallest absolute Gasteiger partial charge is 0.196 e. The third-order valence-electron chi connectivity index (χ3n) is 2.66. The molecule has 2 rings (SSSR count). The summed E-state index contributed by atoms with van der Waals surface area (Å²) in [5.74, 6) is -4.11. The fourth-order valence-electron chi connectivity index (χ4n) is 1.61. The van der Waals surface area contributed by atoms with Crippen LogP contribution in [0.2, 0.25) is 5.02 Å². The number of benzene rings is 1. The first-order valence-corrected chi connectivity index (χ1v) is 5.74. The van der Waals surface area contributed by atoms with E-state index in [0.29, 0.717) is 5.69 Å². The van der Waals surface area contributed by atoms with Crippen molar-refractivity contribution in [3.8, 4) is 0 Å². The van der Waals surface area contributed by atoms with Crippen molar-refractivity contribution in [1.82, 2.24) is 4.98 Å². The van der Waals surface area contributed by atoms with E-state index in [4.69, 9.17) is 11.6 Å². The van der Waals surface area contributed by atoms with Crippen LogP contribution in [0.15, 0.2) is 12.1 Å². The molecule has 1 nitrogen and oxygen atoms in total. The van der Waals surface area contributed by atoms with Gasteiger partial charge < -0.3 is 0 Å². The van der Waals surface area contributed by atoms with Crippen molar-refractivity contribution >= 4 is 22.5 Å². The van der Waals surface area contributed by atoms with E-state index in [1.165, 1.54) is 0 Å². The molecule has 18 heavy (non-hydrogen) atoms. The first kappa shape index (κ1) is 13.1. The average Bonchev–Trinajstić information content (AvgIpc) is 2.26. The Balaban J connectivity index is 2.88. The van der Waals surface area contributed by atoms with Gasteiger partial charge in [-0.1, -0.05) is 32.4 Å². The molecule has 0 saturated heterocycles. The first-order chi connectivity index (χ1) is 8.21. The van der Waals surface area contributed by atoms with E-state index in [1.807, 2.05) is 20.8 Å². The van der Waals surface area contributed by atoms with Crippen LogP contribution in [0, 0.1) is 17.5 Å². The van der Waals surface area contributed by atoms with Gasteiger partial charge in [0.25, 0.3) is 0 Å². The molecule has 0 aliphatic carbocycles. The number of pyridine rings is 1. The summed E-state index contributed by atoms with van der Waals surface area (Å²) in [6, 6.07) is 2.40. The van der Waals surface area contributed by atoms with Gasteiger partial charge in [-0.2, -0.15) is 0 Å². The second-order valence-corrected chi connectivity index (χ2v) is 5.53. The van der Waals surface area contributed by atoms with Gasteiger partial charge in [-0.25, -0.2) is 18.2 Å². The molecule has 0 unspecified atom stereocenters. The molecule has 0 amide bonds. The Hall–Kier alpha value is -1.29. The summed E-state index contributed by atoms with van der Waals surface area (Å²) >= 11 is 5.97. The Kier molecular flexibility index (Phi) is 3.01. The van der Waals surface area contributed by atoms with Crippen molar-refractivity contribution in [1.29, 1.82) is 0 Å². The molecular weight excluding hydrogens is 263 g/mol. The zero-order valence-corrected chi connectivity index (χ0v) is 10.9.